The van der Waals surface area contributed by atoms with Crippen LogP contribution in [0.4, 0.5) is 0 Å². The first kappa shape index (κ1) is 18.3. The van der Waals surface area contributed by atoms with Gasteiger partial charge in [-0.15, -0.1) is 19.0 Å². The van der Waals surface area contributed by atoms with Gasteiger partial charge in [0.05, 0.1) is 12.1 Å². The van der Waals surface area contributed by atoms with Gasteiger partial charge in [0.2, 0.25) is 11.8 Å². The Labute approximate surface area is 109 Å². The Morgan fingerprint density at radius 1 is 1.41 bits per heavy atom. The van der Waals surface area contributed by atoms with Crippen LogP contribution in [0.25, 0.3) is 0 Å². The first-order chi connectivity index (χ1) is 7.44. The van der Waals surface area contributed by atoms with E-state index in [4.69, 9.17) is 5.73 Å². The third kappa shape index (κ3) is 7.76. The third-order valence-corrected chi connectivity index (χ3v) is 2.14. The van der Waals surface area contributed by atoms with E-state index in [1.54, 1.807) is 13.0 Å². The average Bonchev–Trinajstić information content (AvgIpc) is 2.22. The van der Waals surface area contributed by atoms with Gasteiger partial charge in [0.15, 0.2) is 0 Å². The fourth-order valence-corrected chi connectivity index (χ4v) is 1.24. The van der Waals surface area contributed by atoms with Gasteiger partial charge in [-0.05, 0) is 13.3 Å². The van der Waals surface area contributed by atoms with Gasteiger partial charge in [-0.3, -0.25) is 9.59 Å². The van der Waals surface area contributed by atoms with Crippen molar-refractivity contribution >= 4 is 24.2 Å². The molecule has 0 saturated carbocycles. The highest BCUT2D eigenvalue weighted by Gasteiger charge is 2.26. The number of carbonyl (C=O) groups is 2. The van der Waals surface area contributed by atoms with Crippen LogP contribution in [0.5, 0.6) is 0 Å². The molecule has 100 valence electrons. The van der Waals surface area contributed by atoms with Gasteiger partial charge in [0, 0.05) is 6.54 Å². The van der Waals surface area contributed by atoms with Crippen LogP contribution in [0.1, 0.15) is 26.7 Å². The first-order valence-electron chi connectivity index (χ1n) is 5.38. The summed E-state index contributed by atoms with van der Waals surface area (Å²) in [4.78, 5) is 22.8. The third-order valence-electron chi connectivity index (χ3n) is 2.14. The van der Waals surface area contributed by atoms with Crippen molar-refractivity contribution in [1.29, 1.82) is 0 Å². The molecule has 0 spiro atoms. The van der Waals surface area contributed by atoms with Gasteiger partial charge in [-0.2, -0.15) is 0 Å². The number of hydrogen-bond acceptors (Lipinski definition) is 3. The summed E-state index contributed by atoms with van der Waals surface area (Å²) in [6, 6.07) is 0. The zero-order valence-corrected chi connectivity index (χ0v) is 11.2. The summed E-state index contributed by atoms with van der Waals surface area (Å²) >= 11 is 0. The smallest absolute Gasteiger partial charge is 0.240 e. The minimum Gasteiger partial charge on any atom is -0.351 e. The van der Waals surface area contributed by atoms with E-state index in [2.05, 4.69) is 17.2 Å². The second-order valence-corrected chi connectivity index (χ2v) is 3.94. The molecular weight excluding hydrogens is 242 g/mol. The number of hydrogen-bond donors (Lipinski definition) is 3. The molecule has 0 aliphatic carbocycles. The van der Waals surface area contributed by atoms with E-state index in [1.165, 1.54) is 0 Å². The maximum absolute atomic E-state index is 11.6. The lowest BCUT2D eigenvalue weighted by molar-refractivity contribution is -0.129. The quantitative estimate of drug-likeness (QED) is 0.580. The van der Waals surface area contributed by atoms with Gasteiger partial charge in [-0.1, -0.05) is 19.4 Å². The van der Waals surface area contributed by atoms with Crippen molar-refractivity contribution in [3.63, 3.8) is 0 Å². The summed E-state index contributed by atoms with van der Waals surface area (Å²) in [5.41, 5.74) is 4.89. The Morgan fingerprint density at radius 2 is 2.00 bits per heavy atom. The van der Waals surface area contributed by atoms with Crippen molar-refractivity contribution in [2.45, 2.75) is 32.2 Å². The van der Waals surface area contributed by atoms with Crippen molar-refractivity contribution in [2.75, 3.05) is 13.1 Å². The summed E-state index contributed by atoms with van der Waals surface area (Å²) in [5.74, 6) is -0.552. The van der Waals surface area contributed by atoms with E-state index >= 15 is 0 Å². The van der Waals surface area contributed by atoms with E-state index in [0.717, 1.165) is 6.42 Å². The Balaban J connectivity index is 0. The van der Waals surface area contributed by atoms with E-state index in [9.17, 15) is 9.59 Å². The van der Waals surface area contributed by atoms with Crippen molar-refractivity contribution in [1.82, 2.24) is 10.6 Å². The molecule has 5 nitrogen and oxygen atoms in total. The normalized spacial score (nSPS) is 12.9. The maximum Gasteiger partial charge on any atom is 0.240 e. The molecule has 2 amide bonds. The lowest BCUT2D eigenvalue weighted by Gasteiger charge is -2.22. The van der Waals surface area contributed by atoms with Crippen LogP contribution in [-0.2, 0) is 9.59 Å². The molecule has 4 N–H and O–H groups in total. The van der Waals surface area contributed by atoms with Crippen LogP contribution in [0.3, 0.4) is 0 Å². The molecule has 0 bridgehead atoms. The molecule has 1 unspecified atom stereocenters. The van der Waals surface area contributed by atoms with Crippen molar-refractivity contribution in [2.24, 2.45) is 5.73 Å². The Kier molecular flexibility index (Phi) is 9.70. The molecule has 0 saturated heterocycles. The van der Waals surface area contributed by atoms with Gasteiger partial charge in [0.1, 0.15) is 0 Å². The van der Waals surface area contributed by atoms with Gasteiger partial charge in [-0.25, -0.2) is 0 Å². The molecule has 0 rings (SSSR count). The zero-order chi connectivity index (χ0) is 12.6. The van der Waals surface area contributed by atoms with Crippen molar-refractivity contribution in [3.8, 4) is 0 Å². The number of rotatable bonds is 7. The first-order valence-corrected chi connectivity index (χ1v) is 5.38. The van der Waals surface area contributed by atoms with E-state index in [1.807, 2.05) is 6.92 Å². The summed E-state index contributed by atoms with van der Waals surface area (Å²) in [6.07, 6.45) is 2.99. The van der Waals surface area contributed by atoms with Crippen LogP contribution < -0.4 is 16.4 Å². The molecule has 17 heavy (non-hydrogen) atoms. The predicted molar refractivity (Wildman–Crippen MR) is 71.0 cm³/mol. The fourth-order valence-electron chi connectivity index (χ4n) is 1.24. The highest BCUT2D eigenvalue weighted by molar-refractivity contribution is 5.89. The zero-order valence-electron chi connectivity index (χ0n) is 10.4. The summed E-state index contributed by atoms with van der Waals surface area (Å²) in [6.45, 7) is 7.42. The topological polar surface area (TPSA) is 84.2 Å². The van der Waals surface area contributed by atoms with Crippen molar-refractivity contribution < 1.29 is 9.59 Å². The van der Waals surface area contributed by atoms with Crippen molar-refractivity contribution in [3.05, 3.63) is 12.7 Å². The fraction of sp³-hybridized carbons (Fsp3) is 0.636. The molecule has 0 fully saturated rings. The van der Waals surface area contributed by atoms with Gasteiger partial charge in [0.25, 0.3) is 0 Å². The van der Waals surface area contributed by atoms with Crippen LogP contribution >= 0.6 is 12.4 Å². The number of carbonyl (C=O) groups excluding carboxylic acids is 2. The molecule has 0 aromatic heterocycles. The SMILES string of the molecule is C=CCNC(=O)CNC(=O)C(C)(N)CCC.Cl. The summed E-state index contributed by atoms with van der Waals surface area (Å²) in [7, 11) is 0. The molecule has 0 aliphatic heterocycles. The lowest BCUT2D eigenvalue weighted by atomic mass is 9.97. The maximum atomic E-state index is 11.6. The summed E-state index contributed by atoms with van der Waals surface area (Å²) < 4.78 is 0. The number of halogens is 1. The van der Waals surface area contributed by atoms with E-state index in [0.29, 0.717) is 13.0 Å². The number of nitrogens with two attached hydrogens (primary N) is 1. The summed E-state index contributed by atoms with van der Waals surface area (Å²) in [5, 5.41) is 5.06. The van der Waals surface area contributed by atoms with Crippen LogP contribution in [0.15, 0.2) is 12.7 Å². The van der Waals surface area contributed by atoms with Gasteiger partial charge >= 0.3 is 0 Å². The lowest BCUT2D eigenvalue weighted by Crippen LogP contribution is -2.53. The minimum absolute atomic E-state index is 0. The Bertz CT molecular complexity index is 267. The standard InChI is InChI=1S/C11H21N3O2.ClH/c1-4-6-11(3,12)10(16)14-8-9(15)13-7-5-2;/h5H,2,4,6-8,12H2,1,3H3,(H,13,15)(H,14,16);1H. The highest BCUT2D eigenvalue weighted by Crippen LogP contribution is 2.07. The molecule has 6 heteroatoms. The van der Waals surface area contributed by atoms with Crippen LogP contribution in [0, 0.1) is 0 Å². The van der Waals surface area contributed by atoms with Crippen LogP contribution in [0.2, 0.25) is 0 Å². The second kappa shape index (κ2) is 9.01. The molecule has 0 aromatic rings. The largest absolute Gasteiger partial charge is 0.351 e. The highest BCUT2D eigenvalue weighted by atomic mass is 35.5. The average molecular weight is 264 g/mol. The number of nitrogens with one attached hydrogen (secondary N) is 2. The van der Waals surface area contributed by atoms with E-state index < -0.39 is 5.54 Å². The van der Waals surface area contributed by atoms with Gasteiger partial charge < -0.3 is 16.4 Å². The molecule has 0 radical (unpaired) electrons. The molecular formula is C11H22ClN3O2. The second-order valence-electron chi connectivity index (χ2n) is 3.94. The molecule has 0 heterocycles. The predicted octanol–water partition coefficient (Wildman–Crippen LogP) is 0.344. The molecule has 0 aromatic carbocycles. The Morgan fingerprint density at radius 3 is 2.47 bits per heavy atom. The number of amides is 2. The minimum atomic E-state index is -0.909. The van der Waals surface area contributed by atoms with Crippen LogP contribution in [-0.4, -0.2) is 30.4 Å². The molecule has 1 atom stereocenters. The Hall–Kier alpha value is -1.07. The monoisotopic (exact) mass is 263 g/mol. The molecule has 0 aliphatic rings. The van der Waals surface area contributed by atoms with E-state index in [-0.39, 0.29) is 30.8 Å².